The van der Waals surface area contributed by atoms with Gasteiger partial charge in [-0.25, -0.2) is 4.79 Å². The van der Waals surface area contributed by atoms with Crippen LogP contribution in [-0.4, -0.2) is 18.5 Å². The summed E-state index contributed by atoms with van der Waals surface area (Å²) in [5, 5.41) is 14.6. The zero-order chi connectivity index (χ0) is 19.0. The van der Waals surface area contributed by atoms with Crippen molar-refractivity contribution in [3.8, 4) is 0 Å². The molecule has 1 N–H and O–H groups in total. The third-order valence-electron chi connectivity index (χ3n) is 5.38. The van der Waals surface area contributed by atoms with Gasteiger partial charge in [0.1, 0.15) is 0 Å². The van der Waals surface area contributed by atoms with Crippen LogP contribution in [0.3, 0.4) is 0 Å². The van der Waals surface area contributed by atoms with Gasteiger partial charge in [0.05, 0.1) is 24.2 Å². The van der Waals surface area contributed by atoms with E-state index in [-0.39, 0.29) is 23.5 Å². The van der Waals surface area contributed by atoms with Crippen molar-refractivity contribution < 1.29 is 19.4 Å². The van der Waals surface area contributed by atoms with Crippen LogP contribution in [0.2, 0.25) is 0 Å². The monoisotopic (exact) mass is 362 g/mol. The number of carbonyl (C=O) groups is 2. The minimum atomic E-state index is -1.17. The summed E-state index contributed by atoms with van der Waals surface area (Å²) in [4.78, 5) is 23.1. The summed E-state index contributed by atoms with van der Waals surface area (Å²) in [6, 6.07) is 12.6. The largest absolute Gasteiger partial charge is 0.545 e. The van der Waals surface area contributed by atoms with Crippen LogP contribution in [0.15, 0.2) is 54.6 Å². The Balaban J connectivity index is 1.68. The van der Waals surface area contributed by atoms with Crippen LogP contribution >= 0.6 is 0 Å². The molecule has 0 radical (unpaired) electrons. The Labute approximate surface area is 157 Å². The maximum absolute atomic E-state index is 12.1. The number of carboxylic acids is 1. The van der Waals surface area contributed by atoms with Crippen molar-refractivity contribution in [3.05, 3.63) is 76.9 Å². The van der Waals surface area contributed by atoms with E-state index in [1.807, 2.05) is 24.3 Å². The van der Waals surface area contributed by atoms with Gasteiger partial charge in [-0.1, -0.05) is 36.4 Å². The number of benzene rings is 2. The lowest BCUT2D eigenvalue weighted by Gasteiger charge is -2.37. The standard InChI is InChI=1S/C22H21NO4/c1-2-27-22(26)15-10-11-19-18(12-15)16-4-3-5-17(16)20(23-19)13-6-8-14(9-7-13)21(24)25/h3-4,6-12,16-17,20,23H,2,5H2,1H3,(H,24,25)/p-1/t16-,17-,20+/m0/s1. The van der Waals surface area contributed by atoms with Crippen LogP contribution in [-0.2, 0) is 4.74 Å². The highest BCUT2D eigenvalue weighted by Crippen LogP contribution is 2.49. The van der Waals surface area contributed by atoms with E-state index in [2.05, 4.69) is 17.5 Å². The minimum Gasteiger partial charge on any atom is -0.545 e. The molecule has 1 aliphatic heterocycles. The van der Waals surface area contributed by atoms with E-state index in [0.717, 1.165) is 23.2 Å². The smallest absolute Gasteiger partial charge is 0.338 e. The normalized spacial score (nSPS) is 22.5. The highest BCUT2D eigenvalue weighted by Gasteiger charge is 2.38. The number of carbonyl (C=O) groups excluding carboxylic acids is 2. The number of hydrogen-bond acceptors (Lipinski definition) is 5. The molecule has 5 nitrogen and oxygen atoms in total. The first-order chi connectivity index (χ1) is 13.1. The van der Waals surface area contributed by atoms with Gasteiger partial charge in [-0.2, -0.15) is 0 Å². The lowest BCUT2D eigenvalue weighted by Crippen LogP contribution is -2.29. The Hall–Kier alpha value is -3.08. The lowest BCUT2D eigenvalue weighted by molar-refractivity contribution is -0.255. The number of nitrogens with one attached hydrogen (secondary N) is 1. The van der Waals surface area contributed by atoms with Gasteiger partial charge in [-0.3, -0.25) is 0 Å². The Morgan fingerprint density at radius 2 is 1.89 bits per heavy atom. The predicted molar refractivity (Wildman–Crippen MR) is 99.5 cm³/mol. The second kappa shape index (κ2) is 6.91. The summed E-state index contributed by atoms with van der Waals surface area (Å²) in [5.74, 6) is -0.959. The first-order valence-electron chi connectivity index (χ1n) is 9.14. The average molecular weight is 362 g/mol. The first-order valence-corrected chi connectivity index (χ1v) is 9.14. The van der Waals surface area contributed by atoms with E-state index in [9.17, 15) is 14.7 Å². The lowest BCUT2D eigenvalue weighted by atomic mass is 9.76. The molecular formula is C22H20NO4-. The van der Waals surface area contributed by atoms with Crippen molar-refractivity contribution in [1.29, 1.82) is 0 Å². The zero-order valence-corrected chi connectivity index (χ0v) is 15.0. The van der Waals surface area contributed by atoms with E-state index >= 15 is 0 Å². The summed E-state index contributed by atoms with van der Waals surface area (Å²) in [7, 11) is 0. The molecule has 5 heteroatoms. The number of aromatic carboxylic acids is 1. The summed E-state index contributed by atoms with van der Waals surface area (Å²) in [6.45, 7) is 2.15. The van der Waals surface area contributed by atoms with Crippen LogP contribution < -0.4 is 10.4 Å². The maximum Gasteiger partial charge on any atom is 0.338 e. The fourth-order valence-electron chi connectivity index (χ4n) is 4.09. The molecular weight excluding hydrogens is 342 g/mol. The quantitative estimate of drug-likeness (QED) is 0.668. The Kier molecular flexibility index (Phi) is 4.44. The van der Waals surface area contributed by atoms with Gasteiger partial charge in [0.25, 0.3) is 0 Å². The molecule has 0 unspecified atom stereocenters. The number of fused-ring (bicyclic) bond motifs is 3. The van der Waals surface area contributed by atoms with Crippen LogP contribution in [0, 0.1) is 5.92 Å². The van der Waals surface area contributed by atoms with Crippen molar-refractivity contribution >= 4 is 17.6 Å². The number of carboxylic acid groups (broad SMARTS) is 1. The van der Waals surface area contributed by atoms with E-state index < -0.39 is 5.97 Å². The van der Waals surface area contributed by atoms with Crippen molar-refractivity contribution in [2.24, 2.45) is 5.92 Å². The number of hydrogen-bond donors (Lipinski definition) is 1. The molecule has 0 bridgehead atoms. The third-order valence-corrected chi connectivity index (χ3v) is 5.38. The first kappa shape index (κ1) is 17.3. The van der Waals surface area contributed by atoms with E-state index in [1.165, 1.54) is 0 Å². The molecule has 0 fully saturated rings. The van der Waals surface area contributed by atoms with Gasteiger partial charge in [-0.15, -0.1) is 0 Å². The molecule has 138 valence electrons. The van der Waals surface area contributed by atoms with Crippen LogP contribution in [0.25, 0.3) is 0 Å². The molecule has 1 heterocycles. The van der Waals surface area contributed by atoms with E-state index in [1.54, 1.807) is 25.1 Å². The molecule has 2 aromatic carbocycles. The molecule has 3 atom stereocenters. The summed E-state index contributed by atoms with van der Waals surface area (Å²) in [5.41, 5.74) is 3.87. The van der Waals surface area contributed by atoms with Gasteiger partial charge in [0, 0.05) is 11.6 Å². The summed E-state index contributed by atoms with van der Waals surface area (Å²) in [6.07, 6.45) is 5.29. The van der Waals surface area contributed by atoms with Crippen LogP contribution in [0.5, 0.6) is 0 Å². The summed E-state index contributed by atoms with van der Waals surface area (Å²) >= 11 is 0. The molecule has 27 heavy (non-hydrogen) atoms. The zero-order valence-electron chi connectivity index (χ0n) is 15.0. The van der Waals surface area contributed by atoms with Crippen molar-refractivity contribution in [2.75, 3.05) is 11.9 Å². The maximum atomic E-state index is 12.1. The van der Waals surface area contributed by atoms with E-state index in [4.69, 9.17) is 4.74 Å². The van der Waals surface area contributed by atoms with Crippen molar-refractivity contribution in [1.82, 2.24) is 0 Å². The third kappa shape index (κ3) is 3.10. The molecule has 0 amide bonds. The van der Waals surface area contributed by atoms with Crippen molar-refractivity contribution in [3.63, 3.8) is 0 Å². The second-order valence-electron chi connectivity index (χ2n) is 6.91. The minimum absolute atomic E-state index is 0.0711. The molecule has 4 rings (SSSR count). The Bertz CT molecular complexity index is 916. The topological polar surface area (TPSA) is 78.5 Å². The van der Waals surface area contributed by atoms with Gasteiger partial charge in [0.2, 0.25) is 0 Å². The SMILES string of the molecule is CCOC(=O)c1ccc2c(c1)[C@H]1C=CC[C@@H]1[C@@H](c1ccc(C(=O)[O-])cc1)N2. The van der Waals surface area contributed by atoms with Gasteiger partial charge >= 0.3 is 5.97 Å². The molecule has 1 aliphatic carbocycles. The highest BCUT2D eigenvalue weighted by molar-refractivity contribution is 5.90. The highest BCUT2D eigenvalue weighted by atomic mass is 16.5. The van der Waals surface area contributed by atoms with Crippen LogP contribution in [0.4, 0.5) is 5.69 Å². The number of ether oxygens (including phenoxy) is 1. The molecule has 0 saturated heterocycles. The van der Waals surface area contributed by atoms with Gasteiger partial charge < -0.3 is 20.0 Å². The number of allylic oxidation sites excluding steroid dienone is 2. The molecule has 0 aromatic heterocycles. The van der Waals surface area contributed by atoms with Gasteiger partial charge in [0.15, 0.2) is 0 Å². The second-order valence-corrected chi connectivity index (χ2v) is 6.91. The molecule has 0 spiro atoms. The predicted octanol–water partition coefficient (Wildman–Crippen LogP) is 3.05. The van der Waals surface area contributed by atoms with Gasteiger partial charge in [-0.05, 0) is 54.2 Å². The molecule has 2 aromatic rings. The van der Waals surface area contributed by atoms with Crippen LogP contribution in [0.1, 0.15) is 57.1 Å². The fourth-order valence-corrected chi connectivity index (χ4v) is 4.09. The Morgan fingerprint density at radius 1 is 1.15 bits per heavy atom. The fraction of sp³-hybridized carbons (Fsp3) is 0.273. The summed E-state index contributed by atoms with van der Waals surface area (Å²) < 4.78 is 5.12. The Morgan fingerprint density at radius 3 is 2.59 bits per heavy atom. The average Bonchev–Trinajstić information content (AvgIpc) is 3.17. The van der Waals surface area contributed by atoms with Crippen molar-refractivity contribution in [2.45, 2.75) is 25.3 Å². The number of rotatable bonds is 4. The number of esters is 1. The molecule has 0 saturated carbocycles. The number of anilines is 1. The van der Waals surface area contributed by atoms with E-state index in [0.29, 0.717) is 18.1 Å². The molecule has 2 aliphatic rings.